The minimum Gasteiger partial charge on any atom is -0.375 e. The summed E-state index contributed by atoms with van der Waals surface area (Å²) in [6, 6.07) is 12.1. The molecule has 1 aliphatic rings. The Hall–Kier alpha value is -1.58. The average molecular weight is 530 g/mol. The Balaban J connectivity index is 0.00000300. The lowest BCUT2D eigenvalue weighted by molar-refractivity contribution is 0.0529. The summed E-state index contributed by atoms with van der Waals surface area (Å²) in [5.74, 6) is 1.84. The summed E-state index contributed by atoms with van der Waals surface area (Å²) in [5.41, 5.74) is 2.30. The Kier molecular flexibility index (Phi) is 9.45. The zero-order chi connectivity index (χ0) is 19.9. The first-order valence-electron chi connectivity index (χ1n) is 9.53. The molecule has 0 radical (unpaired) electrons. The van der Waals surface area contributed by atoms with E-state index in [0.717, 1.165) is 48.6 Å². The second-order valence-electron chi connectivity index (χ2n) is 7.04. The first-order valence-corrected chi connectivity index (χ1v) is 9.90. The first kappa shape index (κ1) is 23.7. The van der Waals surface area contributed by atoms with Crippen LogP contribution in [0.4, 0.5) is 5.82 Å². The van der Waals surface area contributed by atoms with Gasteiger partial charge in [-0.25, -0.2) is 4.98 Å². The molecule has 0 bridgehead atoms. The van der Waals surface area contributed by atoms with Crippen molar-refractivity contribution in [3.63, 3.8) is 0 Å². The van der Waals surface area contributed by atoms with Crippen LogP contribution in [0.3, 0.4) is 0 Å². The molecule has 2 aromatic rings. The highest BCUT2D eigenvalue weighted by Crippen LogP contribution is 2.15. The lowest BCUT2D eigenvalue weighted by Crippen LogP contribution is -2.41. The van der Waals surface area contributed by atoms with Crippen LogP contribution in [0.1, 0.15) is 18.1 Å². The number of nitrogens with one attached hydrogen (secondary N) is 1. The fourth-order valence-corrected chi connectivity index (χ4v) is 3.37. The molecule has 1 aromatic heterocycles. The van der Waals surface area contributed by atoms with Gasteiger partial charge in [0, 0.05) is 51.5 Å². The van der Waals surface area contributed by atoms with Gasteiger partial charge in [-0.2, -0.15) is 0 Å². The predicted molar refractivity (Wildman–Crippen MR) is 130 cm³/mol. The molecule has 0 saturated carbocycles. The molecule has 3 rings (SSSR count). The normalized spacial score (nSPS) is 16.9. The molecule has 1 saturated heterocycles. The third-order valence-corrected chi connectivity index (χ3v) is 4.98. The van der Waals surface area contributed by atoms with Crippen molar-refractivity contribution in [2.75, 3.05) is 38.7 Å². The van der Waals surface area contributed by atoms with E-state index in [1.54, 1.807) is 7.05 Å². The largest absolute Gasteiger partial charge is 0.375 e. The lowest BCUT2D eigenvalue weighted by Gasteiger charge is -2.32. The van der Waals surface area contributed by atoms with Crippen molar-refractivity contribution in [3.8, 4) is 0 Å². The molecule has 8 heteroatoms. The summed E-state index contributed by atoms with van der Waals surface area (Å²) in [6.07, 6.45) is 2.17. The first-order chi connectivity index (χ1) is 13.5. The molecule has 29 heavy (non-hydrogen) atoms. The molecular formula is C21H29ClIN5O. The second kappa shape index (κ2) is 11.6. The van der Waals surface area contributed by atoms with Gasteiger partial charge in [0.25, 0.3) is 0 Å². The van der Waals surface area contributed by atoms with Gasteiger partial charge in [-0.1, -0.05) is 29.8 Å². The summed E-state index contributed by atoms with van der Waals surface area (Å²) < 4.78 is 5.60. The monoisotopic (exact) mass is 529 g/mol. The molecule has 1 aromatic carbocycles. The van der Waals surface area contributed by atoms with Crippen LogP contribution in [-0.4, -0.2) is 55.7 Å². The van der Waals surface area contributed by atoms with Gasteiger partial charge < -0.3 is 19.9 Å². The third-order valence-electron chi connectivity index (χ3n) is 4.73. The highest BCUT2D eigenvalue weighted by molar-refractivity contribution is 14.0. The number of aromatic nitrogens is 1. The number of benzene rings is 1. The van der Waals surface area contributed by atoms with Crippen LogP contribution in [0.15, 0.2) is 47.6 Å². The van der Waals surface area contributed by atoms with Crippen molar-refractivity contribution in [3.05, 3.63) is 58.7 Å². The van der Waals surface area contributed by atoms with Crippen molar-refractivity contribution in [1.82, 2.24) is 15.2 Å². The molecule has 1 aliphatic heterocycles. The molecule has 1 fully saturated rings. The molecule has 6 nitrogen and oxygen atoms in total. The number of morpholine rings is 1. The Morgan fingerprint density at radius 1 is 1.28 bits per heavy atom. The lowest BCUT2D eigenvalue weighted by atomic mass is 10.2. The van der Waals surface area contributed by atoms with Crippen LogP contribution in [0.25, 0.3) is 0 Å². The number of anilines is 1. The number of aliphatic imine (C=N–C) groups is 1. The topological polar surface area (TPSA) is 53.0 Å². The number of hydrogen-bond donors (Lipinski definition) is 1. The Morgan fingerprint density at radius 2 is 2.00 bits per heavy atom. The molecule has 158 valence electrons. The zero-order valence-electron chi connectivity index (χ0n) is 17.1. The van der Waals surface area contributed by atoms with Crippen LogP contribution in [0.5, 0.6) is 0 Å². The molecule has 0 aliphatic carbocycles. The molecule has 0 spiro atoms. The highest BCUT2D eigenvalue weighted by Gasteiger charge is 2.17. The van der Waals surface area contributed by atoms with Gasteiger partial charge in [-0.3, -0.25) is 4.99 Å². The van der Waals surface area contributed by atoms with E-state index in [4.69, 9.17) is 16.3 Å². The summed E-state index contributed by atoms with van der Waals surface area (Å²) in [6.45, 7) is 6.04. The molecule has 1 atom stereocenters. The standard InChI is InChI=1S/C21H28ClN5O.HI/c1-16-14-27(10-11-28-16)20-9-6-18(12-24-20)13-25-21(23-2)26(3)15-17-4-7-19(22)8-5-17;/h4-9,12,16H,10-11,13-15H2,1-3H3,(H,23,25);1H. The smallest absolute Gasteiger partial charge is 0.193 e. The Bertz CT molecular complexity index is 785. The molecule has 2 heterocycles. The maximum atomic E-state index is 5.96. The third kappa shape index (κ3) is 7.01. The van der Waals surface area contributed by atoms with E-state index in [1.165, 1.54) is 5.56 Å². The minimum atomic E-state index is 0. The fraction of sp³-hybridized carbons (Fsp3) is 0.429. The van der Waals surface area contributed by atoms with Crippen molar-refractivity contribution in [1.29, 1.82) is 0 Å². The number of nitrogens with zero attached hydrogens (tertiary/aromatic N) is 4. The van der Waals surface area contributed by atoms with Crippen LogP contribution in [0.2, 0.25) is 5.02 Å². The fourth-order valence-electron chi connectivity index (χ4n) is 3.24. The van der Waals surface area contributed by atoms with E-state index < -0.39 is 0 Å². The molecule has 1 N–H and O–H groups in total. The van der Waals surface area contributed by atoms with Gasteiger partial charge in [-0.05, 0) is 36.2 Å². The highest BCUT2D eigenvalue weighted by atomic mass is 127. The predicted octanol–water partition coefficient (Wildman–Crippen LogP) is 3.79. The SMILES string of the molecule is CN=C(NCc1ccc(N2CCOC(C)C2)nc1)N(C)Cc1ccc(Cl)cc1.I. The Labute approximate surface area is 195 Å². The van der Waals surface area contributed by atoms with E-state index in [9.17, 15) is 0 Å². The van der Waals surface area contributed by atoms with Gasteiger partial charge in [0.2, 0.25) is 0 Å². The van der Waals surface area contributed by atoms with E-state index >= 15 is 0 Å². The van der Waals surface area contributed by atoms with Crippen LogP contribution >= 0.6 is 35.6 Å². The molecule has 1 unspecified atom stereocenters. The van der Waals surface area contributed by atoms with Gasteiger partial charge >= 0.3 is 0 Å². The van der Waals surface area contributed by atoms with Gasteiger partial charge in [0.05, 0.1) is 12.7 Å². The van der Waals surface area contributed by atoms with E-state index in [-0.39, 0.29) is 30.1 Å². The maximum absolute atomic E-state index is 5.96. The number of rotatable bonds is 5. The quantitative estimate of drug-likeness (QED) is 0.363. The summed E-state index contributed by atoms with van der Waals surface area (Å²) in [5, 5.41) is 4.15. The summed E-state index contributed by atoms with van der Waals surface area (Å²) >= 11 is 5.96. The number of halogens is 2. The minimum absolute atomic E-state index is 0. The summed E-state index contributed by atoms with van der Waals surface area (Å²) in [4.78, 5) is 13.4. The van der Waals surface area contributed by atoms with Crippen LogP contribution < -0.4 is 10.2 Å². The molecule has 0 amide bonds. The van der Waals surface area contributed by atoms with Crippen LogP contribution in [-0.2, 0) is 17.8 Å². The second-order valence-corrected chi connectivity index (χ2v) is 7.47. The van der Waals surface area contributed by atoms with Crippen molar-refractivity contribution < 1.29 is 4.74 Å². The number of hydrogen-bond acceptors (Lipinski definition) is 4. The van der Waals surface area contributed by atoms with E-state index in [0.29, 0.717) is 6.54 Å². The maximum Gasteiger partial charge on any atom is 0.193 e. The average Bonchev–Trinajstić information content (AvgIpc) is 2.71. The van der Waals surface area contributed by atoms with E-state index in [2.05, 4.69) is 44.1 Å². The van der Waals surface area contributed by atoms with Gasteiger partial charge in [0.15, 0.2) is 5.96 Å². The zero-order valence-corrected chi connectivity index (χ0v) is 20.2. The summed E-state index contributed by atoms with van der Waals surface area (Å²) in [7, 11) is 3.81. The van der Waals surface area contributed by atoms with Gasteiger partial charge in [-0.15, -0.1) is 24.0 Å². The van der Waals surface area contributed by atoms with Gasteiger partial charge in [0.1, 0.15) is 5.82 Å². The number of guanidine groups is 1. The number of ether oxygens (including phenoxy) is 1. The van der Waals surface area contributed by atoms with Crippen molar-refractivity contribution in [2.24, 2.45) is 4.99 Å². The van der Waals surface area contributed by atoms with Crippen LogP contribution in [0, 0.1) is 0 Å². The van der Waals surface area contributed by atoms with E-state index in [1.807, 2.05) is 37.5 Å². The molecular weight excluding hydrogens is 501 g/mol. The Morgan fingerprint density at radius 3 is 2.62 bits per heavy atom. The number of pyridine rings is 1. The van der Waals surface area contributed by atoms with Crippen molar-refractivity contribution >= 4 is 47.4 Å². The van der Waals surface area contributed by atoms with Crippen molar-refractivity contribution in [2.45, 2.75) is 26.1 Å².